The van der Waals surface area contributed by atoms with Crippen LogP contribution in [-0.4, -0.2) is 17.3 Å². The van der Waals surface area contributed by atoms with Crippen molar-refractivity contribution in [2.24, 2.45) is 11.7 Å². The van der Waals surface area contributed by atoms with Crippen LogP contribution in [0.3, 0.4) is 0 Å². The molecule has 2 N–H and O–H groups in total. The van der Waals surface area contributed by atoms with Crippen LogP contribution in [0.1, 0.15) is 36.5 Å². The number of rotatable bonds is 6. The molecule has 0 aliphatic rings. The molecule has 0 radical (unpaired) electrons. The highest BCUT2D eigenvalue weighted by Gasteiger charge is 2.09. The molecule has 1 aromatic carbocycles. The van der Waals surface area contributed by atoms with E-state index >= 15 is 0 Å². The fourth-order valence-electron chi connectivity index (χ4n) is 2.17. The van der Waals surface area contributed by atoms with Crippen LogP contribution in [0.15, 0.2) is 36.5 Å². The normalized spacial score (nSPS) is 12.5. The van der Waals surface area contributed by atoms with Crippen LogP contribution < -0.4 is 5.73 Å². The van der Waals surface area contributed by atoms with Gasteiger partial charge < -0.3 is 5.73 Å². The Morgan fingerprint density at radius 2 is 2.11 bits per heavy atom. The van der Waals surface area contributed by atoms with E-state index in [2.05, 4.69) is 11.9 Å². The van der Waals surface area contributed by atoms with Crippen molar-refractivity contribution >= 4 is 16.7 Å². The highest BCUT2D eigenvalue weighted by Crippen LogP contribution is 2.16. The first-order valence-corrected chi connectivity index (χ1v) is 6.78. The number of ketones is 1. The van der Waals surface area contributed by atoms with Crippen molar-refractivity contribution in [3.8, 4) is 0 Å². The molecule has 0 saturated carbocycles. The third-order valence-electron chi connectivity index (χ3n) is 3.44. The molecular formula is C16H20N2O. The lowest BCUT2D eigenvalue weighted by molar-refractivity contribution is 0.0974. The van der Waals surface area contributed by atoms with Gasteiger partial charge in [-0.15, -0.1) is 0 Å². The van der Waals surface area contributed by atoms with Crippen LogP contribution in [0.25, 0.3) is 10.9 Å². The average Bonchev–Trinajstić information content (AvgIpc) is 2.44. The van der Waals surface area contributed by atoms with Crippen molar-refractivity contribution in [2.45, 2.75) is 26.2 Å². The number of carbonyl (C=O) groups excluding carboxylic acids is 1. The summed E-state index contributed by atoms with van der Waals surface area (Å²) in [5.74, 6) is 0.671. The van der Waals surface area contributed by atoms with E-state index in [1.807, 2.05) is 30.3 Å². The van der Waals surface area contributed by atoms with Crippen LogP contribution in [0.2, 0.25) is 0 Å². The minimum Gasteiger partial charge on any atom is -0.330 e. The minimum absolute atomic E-state index is 0.169. The zero-order chi connectivity index (χ0) is 13.7. The van der Waals surface area contributed by atoms with Crippen LogP contribution >= 0.6 is 0 Å². The molecule has 100 valence electrons. The highest BCUT2D eigenvalue weighted by atomic mass is 16.1. The third kappa shape index (κ3) is 3.61. The molecule has 2 rings (SSSR count). The van der Waals surface area contributed by atoms with Crippen molar-refractivity contribution in [1.29, 1.82) is 0 Å². The summed E-state index contributed by atoms with van der Waals surface area (Å²) >= 11 is 0. The Hall–Kier alpha value is -1.74. The van der Waals surface area contributed by atoms with Gasteiger partial charge in [-0.3, -0.25) is 9.78 Å². The van der Waals surface area contributed by atoms with E-state index < -0.39 is 0 Å². The Morgan fingerprint density at radius 3 is 2.89 bits per heavy atom. The number of carbonyl (C=O) groups is 1. The summed E-state index contributed by atoms with van der Waals surface area (Å²) in [5.41, 5.74) is 7.15. The summed E-state index contributed by atoms with van der Waals surface area (Å²) in [6, 6.07) is 9.77. The fourth-order valence-corrected chi connectivity index (χ4v) is 2.17. The molecular weight excluding hydrogens is 236 g/mol. The molecule has 2 aromatic rings. The van der Waals surface area contributed by atoms with Crippen LogP contribution in [0.4, 0.5) is 0 Å². The van der Waals surface area contributed by atoms with E-state index in [0.717, 1.165) is 23.7 Å². The van der Waals surface area contributed by atoms with Crippen molar-refractivity contribution in [2.75, 3.05) is 6.54 Å². The molecule has 1 atom stereocenters. The van der Waals surface area contributed by atoms with Crippen molar-refractivity contribution in [3.05, 3.63) is 42.1 Å². The number of nitrogens with zero attached hydrogens (tertiary/aromatic N) is 1. The molecule has 1 unspecified atom stereocenters. The van der Waals surface area contributed by atoms with Gasteiger partial charge >= 0.3 is 0 Å². The summed E-state index contributed by atoms with van der Waals surface area (Å²) in [6.07, 6.45) is 4.12. The van der Waals surface area contributed by atoms with Gasteiger partial charge in [0.25, 0.3) is 0 Å². The highest BCUT2D eigenvalue weighted by molar-refractivity contribution is 5.98. The summed E-state index contributed by atoms with van der Waals surface area (Å²) in [4.78, 5) is 16.5. The number of benzene rings is 1. The van der Waals surface area contributed by atoms with E-state index in [1.54, 1.807) is 6.20 Å². The first kappa shape index (κ1) is 13.7. The van der Waals surface area contributed by atoms with Gasteiger partial charge in [0.2, 0.25) is 0 Å². The van der Waals surface area contributed by atoms with Crippen LogP contribution in [0, 0.1) is 5.92 Å². The second-order valence-corrected chi connectivity index (χ2v) is 5.06. The quantitative estimate of drug-likeness (QED) is 0.807. The Bertz CT molecular complexity index is 565. The summed E-state index contributed by atoms with van der Waals surface area (Å²) < 4.78 is 0. The number of fused-ring (bicyclic) bond motifs is 1. The predicted molar refractivity (Wildman–Crippen MR) is 78.1 cm³/mol. The van der Waals surface area contributed by atoms with Crippen LogP contribution in [0.5, 0.6) is 0 Å². The zero-order valence-electron chi connectivity index (χ0n) is 11.3. The number of Topliss-reactive ketones (excluding diaryl/α,β-unsaturated/α-hetero) is 1. The van der Waals surface area contributed by atoms with Crippen molar-refractivity contribution in [1.82, 2.24) is 4.98 Å². The van der Waals surface area contributed by atoms with Gasteiger partial charge in [0, 0.05) is 23.6 Å². The molecule has 3 heteroatoms. The molecule has 1 heterocycles. The van der Waals surface area contributed by atoms with Gasteiger partial charge in [0.05, 0.1) is 5.52 Å². The maximum Gasteiger partial charge on any atom is 0.164 e. The second-order valence-electron chi connectivity index (χ2n) is 5.06. The Balaban J connectivity index is 2.05. The van der Waals surface area contributed by atoms with E-state index in [4.69, 9.17) is 5.73 Å². The number of aromatic nitrogens is 1. The monoisotopic (exact) mass is 256 g/mol. The molecule has 19 heavy (non-hydrogen) atoms. The molecule has 0 bridgehead atoms. The van der Waals surface area contributed by atoms with Gasteiger partial charge in [-0.2, -0.15) is 0 Å². The van der Waals surface area contributed by atoms with Gasteiger partial charge in [0.1, 0.15) is 0 Å². The Kier molecular flexibility index (Phi) is 4.63. The van der Waals surface area contributed by atoms with E-state index in [1.165, 1.54) is 0 Å². The number of nitrogens with two attached hydrogens (primary N) is 1. The topological polar surface area (TPSA) is 56.0 Å². The molecule has 3 nitrogen and oxygen atoms in total. The smallest absolute Gasteiger partial charge is 0.164 e. The first-order chi connectivity index (χ1) is 9.20. The largest absolute Gasteiger partial charge is 0.330 e. The van der Waals surface area contributed by atoms with Crippen molar-refractivity contribution in [3.63, 3.8) is 0 Å². The lowest BCUT2D eigenvalue weighted by Crippen LogP contribution is -2.08. The Morgan fingerprint density at radius 1 is 1.32 bits per heavy atom. The molecule has 0 aliphatic heterocycles. The summed E-state index contributed by atoms with van der Waals surface area (Å²) in [7, 11) is 0. The number of para-hydroxylation sites is 1. The maximum absolute atomic E-state index is 12.1. The fraction of sp³-hybridized carbons (Fsp3) is 0.375. The number of hydrogen-bond donors (Lipinski definition) is 1. The molecule has 0 aliphatic carbocycles. The van der Waals surface area contributed by atoms with Gasteiger partial charge in [-0.25, -0.2) is 0 Å². The molecule has 0 fully saturated rings. The average molecular weight is 256 g/mol. The van der Waals surface area contributed by atoms with E-state index in [-0.39, 0.29) is 5.78 Å². The first-order valence-electron chi connectivity index (χ1n) is 6.78. The summed E-state index contributed by atoms with van der Waals surface area (Å²) in [5, 5.41) is 1.02. The number of hydrogen-bond acceptors (Lipinski definition) is 3. The molecule has 1 aromatic heterocycles. The summed E-state index contributed by atoms with van der Waals surface area (Å²) in [6.45, 7) is 2.83. The minimum atomic E-state index is 0.169. The maximum atomic E-state index is 12.1. The second kappa shape index (κ2) is 6.43. The van der Waals surface area contributed by atoms with Gasteiger partial charge in [0.15, 0.2) is 5.78 Å². The molecule has 0 saturated heterocycles. The van der Waals surface area contributed by atoms with Crippen LogP contribution in [-0.2, 0) is 0 Å². The van der Waals surface area contributed by atoms with E-state index in [9.17, 15) is 4.79 Å². The van der Waals surface area contributed by atoms with Crippen molar-refractivity contribution < 1.29 is 4.79 Å². The molecule has 0 spiro atoms. The standard InChI is InChI=1S/C16H20N2O/c1-12(8-9-17)6-7-16(19)14-10-13-4-2-3-5-15(13)18-11-14/h2-5,10-12H,6-9,17H2,1H3. The zero-order valence-corrected chi connectivity index (χ0v) is 11.3. The lowest BCUT2D eigenvalue weighted by atomic mass is 9.98. The van der Waals surface area contributed by atoms with E-state index in [0.29, 0.717) is 24.4 Å². The van der Waals surface area contributed by atoms with Gasteiger partial charge in [-0.1, -0.05) is 25.1 Å². The number of pyridine rings is 1. The molecule has 0 amide bonds. The SMILES string of the molecule is CC(CCN)CCC(=O)c1cnc2ccccc2c1. The predicted octanol–water partition coefficient (Wildman–Crippen LogP) is 3.18. The van der Waals surface area contributed by atoms with Gasteiger partial charge in [-0.05, 0) is 37.4 Å². The lowest BCUT2D eigenvalue weighted by Gasteiger charge is -2.09. The third-order valence-corrected chi connectivity index (χ3v) is 3.44. The Labute approximate surface area is 113 Å².